The summed E-state index contributed by atoms with van der Waals surface area (Å²) in [5.41, 5.74) is 3.84. The molecule has 0 spiro atoms. The van der Waals surface area contributed by atoms with E-state index in [9.17, 15) is 4.79 Å². The third-order valence-corrected chi connectivity index (χ3v) is 4.30. The first-order chi connectivity index (χ1) is 10.6. The summed E-state index contributed by atoms with van der Waals surface area (Å²) in [7, 11) is 0. The van der Waals surface area contributed by atoms with E-state index in [0.29, 0.717) is 6.42 Å². The molecule has 0 aliphatic carbocycles. The lowest BCUT2D eigenvalue weighted by Crippen LogP contribution is -2.44. The van der Waals surface area contributed by atoms with Crippen molar-refractivity contribution in [3.8, 4) is 0 Å². The number of nitrogens with one attached hydrogen (secondary N) is 2. The second kappa shape index (κ2) is 10.6. The second-order valence-electron chi connectivity index (χ2n) is 6.23. The van der Waals surface area contributed by atoms with Gasteiger partial charge in [0, 0.05) is 39.1 Å². The highest BCUT2D eigenvalue weighted by molar-refractivity contribution is 5.85. The molecular weight excluding hydrogens is 310 g/mol. The molecule has 0 unspecified atom stereocenters. The molecule has 5 heteroatoms. The fourth-order valence-corrected chi connectivity index (χ4v) is 2.93. The van der Waals surface area contributed by atoms with Crippen LogP contribution in [0.2, 0.25) is 0 Å². The zero-order valence-electron chi connectivity index (χ0n) is 14.4. The summed E-state index contributed by atoms with van der Waals surface area (Å²) in [6.45, 7) is 10.5. The van der Waals surface area contributed by atoms with E-state index in [1.807, 2.05) is 0 Å². The number of halogens is 1. The molecule has 2 N–H and O–H groups in total. The highest BCUT2D eigenvalue weighted by Crippen LogP contribution is 2.12. The van der Waals surface area contributed by atoms with E-state index in [-0.39, 0.29) is 18.3 Å². The van der Waals surface area contributed by atoms with Crippen molar-refractivity contribution < 1.29 is 4.79 Å². The predicted molar refractivity (Wildman–Crippen MR) is 98.4 cm³/mol. The van der Waals surface area contributed by atoms with Crippen molar-refractivity contribution >= 4 is 18.3 Å². The molecule has 1 aliphatic rings. The van der Waals surface area contributed by atoms with E-state index in [2.05, 4.69) is 47.6 Å². The predicted octanol–water partition coefficient (Wildman–Crippen LogP) is 2.07. The Morgan fingerprint density at radius 3 is 2.70 bits per heavy atom. The average molecular weight is 340 g/mol. The summed E-state index contributed by atoms with van der Waals surface area (Å²) in [6, 6.07) is 6.44. The van der Waals surface area contributed by atoms with Gasteiger partial charge in [0.05, 0.1) is 0 Å². The molecular formula is C18H30ClN3O. The Morgan fingerprint density at radius 2 is 2.00 bits per heavy atom. The fourth-order valence-electron chi connectivity index (χ4n) is 2.93. The number of aryl methyl sites for hydroxylation is 3. The normalized spacial score (nSPS) is 15.0. The lowest BCUT2D eigenvalue weighted by atomic mass is 10.0. The minimum absolute atomic E-state index is 0. The first kappa shape index (κ1) is 19.9. The Labute approximate surface area is 146 Å². The Bertz CT molecular complexity index is 487. The zero-order valence-corrected chi connectivity index (χ0v) is 15.2. The third kappa shape index (κ3) is 7.34. The van der Waals surface area contributed by atoms with Crippen molar-refractivity contribution in [2.75, 3.05) is 39.3 Å². The van der Waals surface area contributed by atoms with Gasteiger partial charge in [0.1, 0.15) is 0 Å². The maximum atomic E-state index is 11.9. The number of carbonyl (C=O) groups is 1. The maximum absolute atomic E-state index is 11.9. The minimum atomic E-state index is 0. The summed E-state index contributed by atoms with van der Waals surface area (Å²) in [4.78, 5) is 14.4. The van der Waals surface area contributed by atoms with Crippen LogP contribution in [-0.2, 0) is 11.2 Å². The van der Waals surface area contributed by atoms with Crippen LogP contribution < -0.4 is 10.6 Å². The SMILES string of the molecule is Cc1ccc(CCC(=O)NCCCN2CCNCC2)c(C)c1.Cl. The number of nitrogens with zero attached hydrogens (tertiary/aromatic N) is 1. The molecule has 23 heavy (non-hydrogen) atoms. The van der Waals surface area contributed by atoms with Crippen LogP contribution in [0.5, 0.6) is 0 Å². The van der Waals surface area contributed by atoms with Crippen LogP contribution in [0, 0.1) is 13.8 Å². The molecule has 1 aromatic rings. The standard InChI is InChI=1S/C18H29N3O.ClH/c1-15-4-5-17(16(2)14-15)6-7-18(22)20-8-3-11-21-12-9-19-10-13-21;/h4-5,14,19H,3,6-13H2,1-2H3,(H,20,22);1H. The summed E-state index contributed by atoms with van der Waals surface area (Å²) in [5.74, 6) is 0.167. The molecule has 1 heterocycles. The topological polar surface area (TPSA) is 44.4 Å². The molecule has 4 nitrogen and oxygen atoms in total. The number of carbonyl (C=O) groups excluding carboxylic acids is 1. The van der Waals surface area contributed by atoms with Crippen molar-refractivity contribution in [2.45, 2.75) is 33.1 Å². The monoisotopic (exact) mass is 339 g/mol. The van der Waals surface area contributed by atoms with E-state index in [0.717, 1.165) is 52.1 Å². The zero-order chi connectivity index (χ0) is 15.8. The Hall–Kier alpha value is -1.10. The smallest absolute Gasteiger partial charge is 0.220 e. The number of amides is 1. The second-order valence-corrected chi connectivity index (χ2v) is 6.23. The molecule has 2 rings (SSSR count). The van der Waals surface area contributed by atoms with Gasteiger partial charge in [-0.2, -0.15) is 0 Å². The molecule has 0 saturated carbocycles. The largest absolute Gasteiger partial charge is 0.356 e. The van der Waals surface area contributed by atoms with Crippen LogP contribution in [0.15, 0.2) is 18.2 Å². The number of rotatable bonds is 7. The van der Waals surface area contributed by atoms with Crippen LogP contribution in [0.25, 0.3) is 0 Å². The third-order valence-electron chi connectivity index (χ3n) is 4.30. The summed E-state index contributed by atoms with van der Waals surface area (Å²) >= 11 is 0. The molecule has 0 atom stereocenters. The maximum Gasteiger partial charge on any atom is 0.220 e. The van der Waals surface area contributed by atoms with E-state index in [4.69, 9.17) is 0 Å². The number of piperazine rings is 1. The van der Waals surface area contributed by atoms with Gasteiger partial charge in [-0.15, -0.1) is 12.4 Å². The minimum Gasteiger partial charge on any atom is -0.356 e. The quantitative estimate of drug-likeness (QED) is 0.747. The first-order valence-electron chi connectivity index (χ1n) is 8.41. The Morgan fingerprint density at radius 1 is 1.26 bits per heavy atom. The molecule has 0 aromatic heterocycles. The van der Waals surface area contributed by atoms with Crippen molar-refractivity contribution in [1.82, 2.24) is 15.5 Å². The van der Waals surface area contributed by atoms with E-state index in [1.54, 1.807) is 0 Å². The van der Waals surface area contributed by atoms with Crippen LogP contribution in [-0.4, -0.2) is 50.1 Å². The van der Waals surface area contributed by atoms with Gasteiger partial charge in [-0.3, -0.25) is 4.79 Å². The van der Waals surface area contributed by atoms with Crippen molar-refractivity contribution in [3.05, 3.63) is 34.9 Å². The number of benzene rings is 1. The first-order valence-corrected chi connectivity index (χ1v) is 8.41. The summed E-state index contributed by atoms with van der Waals surface area (Å²) < 4.78 is 0. The molecule has 130 valence electrons. The van der Waals surface area contributed by atoms with Crippen LogP contribution in [0.4, 0.5) is 0 Å². The summed E-state index contributed by atoms with van der Waals surface area (Å²) in [5, 5.41) is 6.39. The fraction of sp³-hybridized carbons (Fsp3) is 0.611. The van der Waals surface area contributed by atoms with Gasteiger partial charge in [0.15, 0.2) is 0 Å². The Kier molecular flexibility index (Phi) is 9.22. The molecule has 0 radical (unpaired) electrons. The van der Waals surface area contributed by atoms with Gasteiger partial charge < -0.3 is 15.5 Å². The number of hydrogen-bond acceptors (Lipinski definition) is 3. The van der Waals surface area contributed by atoms with E-state index < -0.39 is 0 Å². The van der Waals surface area contributed by atoms with Crippen LogP contribution in [0.3, 0.4) is 0 Å². The van der Waals surface area contributed by atoms with Gasteiger partial charge >= 0.3 is 0 Å². The van der Waals surface area contributed by atoms with Crippen LogP contribution in [0.1, 0.15) is 29.5 Å². The molecule has 1 aliphatic heterocycles. The van der Waals surface area contributed by atoms with Crippen LogP contribution >= 0.6 is 12.4 Å². The van der Waals surface area contributed by atoms with Gasteiger partial charge in [0.25, 0.3) is 0 Å². The molecule has 1 fully saturated rings. The number of hydrogen-bond donors (Lipinski definition) is 2. The lowest BCUT2D eigenvalue weighted by Gasteiger charge is -2.27. The molecule has 0 bridgehead atoms. The molecule has 1 saturated heterocycles. The van der Waals surface area contributed by atoms with Crippen molar-refractivity contribution in [2.24, 2.45) is 0 Å². The molecule has 1 amide bonds. The van der Waals surface area contributed by atoms with Gasteiger partial charge in [-0.25, -0.2) is 0 Å². The highest BCUT2D eigenvalue weighted by Gasteiger charge is 2.09. The van der Waals surface area contributed by atoms with Gasteiger partial charge in [0.2, 0.25) is 5.91 Å². The van der Waals surface area contributed by atoms with Gasteiger partial charge in [-0.05, 0) is 44.4 Å². The summed E-state index contributed by atoms with van der Waals surface area (Å²) in [6.07, 6.45) is 2.45. The molecule has 1 aromatic carbocycles. The Balaban J connectivity index is 0.00000264. The lowest BCUT2D eigenvalue weighted by molar-refractivity contribution is -0.121. The highest BCUT2D eigenvalue weighted by atomic mass is 35.5. The average Bonchev–Trinajstić information content (AvgIpc) is 2.52. The van der Waals surface area contributed by atoms with E-state index >= 15 is 0 Å². The van der Waals surface area contributed by atoms with Crippen molar-refractivity contribution in [1.29, 1.82) is 0 Å². The van der Waals surface area contributed by atoms with E-state index in [1.165, 1.54) is 16.7 Å². The van der Waals surface area contributed by atoms with Gasteiger partial charge in [-0.1, -0.05) is 23.8 Å². The van der Waals surface area contributed by atoms with Crippen molar-refractivity contribution in [3.63, 3.8) is 0 Å².